The van der Waals surface area contributed by atoms with E-state index in [1.165, 1.54) is 12.0 Å². The first-order valence-electron chi connectivity index (χ1n) is 13.1. The number of carboxylic acids is 1. The molecule has 10 nitrogen and oxygen atoms in total. The molecule has 1 unspecified atom stereocenters. The van der Waals surface area contributed by atoms with Crippen molar-refractivity contribution in [2.75, 3.05) is 25.5 Å². The summed E-state index contributed by atoms with van der Waals surface area (Å²) in [6, 6.07) is 21.8. The molecule has 11 heteroatoms. The minimum absolute atomic E-state index is 0.0441. The second-order valence-electron chi connectivity index (χ2n) is 10.0. The van der Waals surface area contributed by atoms with Gasteiger partial charge in [-0.2, -0.15) is 0 Å². The number of halogens is 1. The average molecular weight is 590 g/mol. The number of hydrogen-bond donors (Lipinski definition) is 2. The molecule has 4 aromatic rings. The van der Waals surface area contributed by atoms with E-state index in [0.29, 0.717) is 38.9 Å². The normalized spacial score (nSPS) is 14.4. The molecule has 1 atom stereocenters. The van der Waals surface area contributed by atoms with Crippen LogP contribution in [0.3, 0.4) is 0 Å². The van der Waals surface area contributed by atoms with Crippen LogP contribution in [0.15, 0.2) is 77.3 Å². The van der Waals surface area contributed by atoms with Gasteiger partial charge in [-0.15, -0.1) is 0 Å². The predicted molar refractivity (Wildman–Crippen MR) is 155 cm³/mol. The second kappa shape index (κ2) is 11.6. The number of nitrogens with one attached hydrogen (secondary N) is 1. The number of likely N-dealkylation sites (tertiary alicyclic amines) is 1. The Balaban J connectivity index is 1.29. The van der Waals surface area contributed by atoms with Crippen LogP contribution in [0.5, 0.6) is 0 Å². The van der Waals surface area contributed by atoms with Crippen LogP contribution in [0.25, 0.3) is 22.5 Å². The first-order chi connectivity index (χ1) is 20.1. The summed E-state index contributed by atoms with van der Waals surface area (Å²) < 4.78 is 15.8. The van der Waals surface area contributed by atoms with E-state index in [9.17, 15) is 19.5 Å². The van der Waals surface area contributed by atoms with E-state index >= 15 is 0 Å². The van der Waals surface area contributed by atoms with E-state index in [1.54, 1.807) is 44.2 Å². The molecule has 0 radical (unpaired) electrons. The third kappa shape index (κ3) is 5.40. The van der Waals surface area contributed by atoms with Crippen LogP contribution in [-0.4, -0.2) is 53.5 Å². The first kappa shape index (κ1) is 28.7. The van der Waals surface area contributed by atoms with Crippen LogP contribution in [0.1, 0.15) is 29.8 Å². The van der Waals surface area contributed by atoms with Gasteiger partial charge in [-0.25, -0.2) is 9.59 Å². The maximum absolute atomic E-state index is 12.7. The number of hydrogen-bond acceptors (Lipinski definition) is 7. The fraction of sp³-hybridized carbons (Fsp3) is 0.226. The largest absolute Gasteiger partial charge is 0.480 e. The zero-order valence-electron chi connectivity index (χ0n) is 23.1. The quantitative estimate of drug-likeness (QED) is 0.244. The summed E-state index contributed by atoms with van der Waals surface area (Å²) in [6.07, 6.45) is -1.80. The Bertz CT molecular complexity index is 1630. The number of aliphatic carboxylic acids is 1. The van der Waals surface area contributed by atoms with Gasteiger partial charge in [-0.3, -0.25) is 10.1 Å². The number of carboxylic acid groups (broad SMARTS) is 1. The van der Waals surface area contributed by atoms with Gasteiger partial charge in [0.05, 0.1) is 7.11 Å². The Morgan fingerprint density at radius 3 is 2.19 bits per heavy atom. The topological polar surface area (TPSA) is 131 Å². The molecule has 216 valence electrons. The van der Waals surface area contributed by atoms with Gasteiger partial charge >= 0.3 is 18.2 Å². The van der Waals surface area contributed by atoms with Gasteiger partial charge in [0.25, 0.3) is 0 Å². The maximum atomic E-state index is 12.7. The number of ether oxygens (including phenoxy) is 2. The summed E-state index contributed by atoms with van der Waals surface area (Å²) in [5.74, 6) is -0.617. The monoisotopic (exact) mass is 589 g/mol. The van der Waals surface area contributed by atoms with Gasteiger partial charge in [0.2, 0.25) is 0 Å². The molecule has 1 aliphatic heterocycles. The molecule has 1 aliphatic rings. The third-order valence-electron chi connectivity index (χ3n) is 7.40. The Hall–Kier alpha value is -4.83. The van der Waals surface area contributed by atoms with Gasteiger partial charge < -0.3 is 24.0 Å². The van der Waals surface area contributed by atoms with Crippen molar-refractivity contribution in [2.24, 2.45) is 0 Å². The molecule has 1 saturated heterocycles. The van der Waals surface area contributed by atoms with Crippen molar-refractivity contribution in [1.29, 1.82) is 0 Å². The van der Waals surface area contributed by atoms with Crippen LogP contribution in [0.4, 0.5) is 15.3 Å². The molecule has 5 rings (SSSR count). The Labute approximate surface area is 246 Å². The van der Waals surface area contributed by atoms with Crippen molar-refractivity contribution in [1.82, 2.24) is 10.1 Å². The van der Waals surface area contributed by atoms with E-state index in [-0.39, 0.29) is 13.1 Å². The van der Waals surface area contributed by atoms with E-state index in [1.807, 2.05) is 42.5 Å². The molecule has 0 aliphatic carbocycles. The number of methoxy groups -OCH3 is 1. The molecule has 0 spiro atoms. The summed E-state index contributed by atoms with van der Waals surface area (Å²) in [5, 5.41) is 17.1. The molecule has 1 fully saturated rings. The van der Waals surface area contributed by atoms with Crippen molar-refractivity contribution < 1.29 is 33.5 Å². The summed E-state index contributed by atoms with van der Waals surface area (Å²) in [7, 11) is 1.27. The molecule has 0 bridgehead atoms. The van der Waals surface area contributed by atoms with Gasteiger partial charge in [0.15, 0.2) is 5.76 Å². The van der Waals surface area contributed by atoms with Gasteiger partial charge in [-0.05, 0) is 36.6 Å². The highest BCUT2D eigenvalue weighted by molar-refractivity contribution is 6.31. The summed E-state index contributed by atoms with van der Waals surface area (Å²) >= 11 is 6.23. The smallest absolute Gasteiger partial charge is 0.412 e. The number of carbonyl (C=O) groups is 3. The van der Waals surface area contributed by atoms with Crippen LogP contribution < -0.4 is 5.32 Å². The number of benzene rings is 3. The highest BCUT2D eigenvalue weighted by Crippen LogP contribution is 2.37. The number of nitrogens with zero attached hydrogens (tertiary/aromatic N) is 2. The van der Waals surface area contributed by atoms with E-state index < -0.39 is 29.7 Å². The van der Waals surface area contributed by atoms with Crippen LogP contribution >= 0.6 is 11.6 Å². The second-order valence-corrected chi connectivity index (χ2v) is 10.4. The number of carbonyl (C=O) groups excluding carboxylic acids is 2. The lowest BCUT2D eigenvalue weighted by molar-refractivity contribution is -0.150. The Kier molecular flexibility index (Phi) is 7.91. The third-order valence-corrected chi connectivity index (χ3v) is 7.74. The molecular weight excluding hydrogens is 562 g/mol. The predicted octanol–water partition coefficient (Wildman–Crippen LogP) is 6.68. The maximum Gasteiger partial charge on any atom is 0.412 e. The summed E-state index contributed by atoms with van der Waals surface area (Å²) in [4.78, 5) is 37.9. The number of aryl methyl sites for hydroxylation is 1. The van der Waals surface area contributed by atoms with Gasteiger partial charge in [0.1, 0.15) is 22.9 Å². The molecule has 3 aromatic carbocycles. The van der Waals surface area contributed by atoms with Crippen molar-refractivity contribution in [3.05, 3.63) is 94.6 Å². The standard InChI is InChI=1S/C31H28ClN3O7/c1-18-26(33-29(38)41-19(2)24-6-4-5-7-25(24)32)27(42-34-18)22-10-8-20(9-11-22)21-12-14-23(15-13-21)31(28(36)37)16-35(17-31)30(39)40-3/h4-15,19H,16-17H2,1-3H3,(H,33,38)(H,36,37). The summed E-state index contributed by atoms with van der Waals surface area (Å²) in [6.45, 7) is 3.54. The zero-order chi connectivity index (χ0) is 30.0. The molecule has 2 amide bonds. The van der Waals surface area contributed by atoms with Crippen molar-refractivity contribution in [3.63, 3.8) is 0 Å². The molecule has 2 N–H and O–H groups in total. The minimum atomic E-state index is -1.17. The van der Waals surface area contributed by atoms with Crippen LogP contribution in [-0.2, 0) is 19.7 Å². The molecule has 42 heavy (non-hydrogen) atoms. The summed E-state index contributed by atoms with van der Waals surface area (Å²) in [5.41, 5.74) is 3.46. The lowest BCUT2D eigenvalue weighted by Crippen LogP contribution is -2.65. The lowest BCUT2D eigenvalue weighted by Gasteiger charge is -2.46. The minimum Gasteiger partial charge on any atom is -0.480 e. The first-order valence-corrected chi connectivity index (χ1v) is 13.5. The van der Waals surface area contributed by atoms with Crippen molar-refractivity contribution in [2.45, 2.75) is 25.4 Å². The Morgan fingerprint density at radius 2 is 1.60 bits per heavy atom. The van der Waals surface area contributed by atoms with E-state index in [2.05, 4.69) is 10.5 Å². The number of anilines is 1. The molecule has 2 heterocycles. The highest BCUT2D eigenvalue weighted by Gasteiger charge is 2.53. The number of rotatable bonds is 7. The number of amides is 2. The van der Waals surface area contributed by atoms with Gasteiger partial charge in [0, 0.05) is 29.2 Å². The van der Waals surface area contributed by atoms with Crippen molar-refractivity contribution in [3.8, 4) is 22.5 Å². The lowest BCUT2D eigenvalue weighted by atomic mass is 9.73. The van der Waals surface area contributed by atoms with Crippen molar-refractivity contribution >= 4 is 35.4 Å². The van der Waals surface area contributed by atoms with E-state index in [4.69, 9.17) is 25.6 Å². The Morgan fingerprint density at radius 1 is 1.00 bits per heavy atom. The van der Waals surface area contributed by atoms with Crippen LogP contribution in [0, 0.1) is 6.92 Å². The SMILES string of the molecule is COC(=O)N1CC(C(=O)O)(c2ccc(-c3ccc(-c4onc(C)c4NC(=O)OC(C)c4ccccc4Cl)cc3)cc2)C1. The fourth-order valence-electron chi connectivity index (χ4n) is 4.97. The fourth-order valence-corrected chi connectivity index (χ4v) is 5.26. The number of aromatic nitrogens is 1. The molecular formula is C31H28ClN3O7. The van der Waals surface area contributed by atoms with E-state index in [0.717, 1.165) is 11.1 Å². The van der Waals surface area contributed by atoms with Crippen LogP contribution in [0.2, 0.25) is 5.02 Å². The zero-order valence-corrected chi connectivity index (χ0v) is 23.8. The molecule has 1 aromatic heterocycles. The highest BCUT2D eigenvalue weighted by atomic mass is 35.5. The molecule has 0 saturated carbocycles. The van der Waals surface area contributed by atoms with Gasteiger partial charge in [-0.1, -0.05) is 83.5 Å². The average Bonchev–Trinajstić information content (AvgIpc) is 3.32.